The molecule has 0 bridgehead atoms. The minimum atomic E-state index is -1.11. The number of aryl methyl sites for hydroxylation is 2. The minimum Gasteiger partial charge on any atom is -0.483 e. The van der Waals surface area contributed by atoms with Crippen LogP contribution in [0.25, 0.3) is 5.00 Å². The van der Waals surface area contributed by atoms with E-state index in [1.807, 2.05) is 35.8 Å². The lowest BCUT2D eigenvalue weighted by molar-refractivity contribution is -0.136. The van der Waals surface area contributed by atoms with Crippen molar-refractivity contribution in [2.45, 2.75) is 65.0 Å². The highest BCUT2D eigenvalue weighted by Gasteiger charge is 2.46. The van der Waals surface area contributed by atoms with Crippen LogP contribution >= 0.6 is 22.9 Å². The number of carbonyl (C=O) groups is 6. The predicted molar refractivity (Wildman–Crippen MR) is 202 cm³/mol. The molecule has 2 atom stereocenters. The highest BCUT2D eigenvalue weighted by atomic mass is 35.5. The molecule has 2 aromatic carbocycles. The standard InChI is InChI=1S/C38H37ClN8O7S/c1-19-20(2)55-38-31(19)33(22-9-11-23(39)12-10-22)42-25(34-45-44-21(3)46(34)38)17-29(49)40-15-4-5-16-41-30(50)18-54-27-8-6-7-24-32(27)37(53)47(36(24)52)26-13-14-28(48)43-35(26)51/h6-12,25-26H,4-5,13-18H2,1-3H3,(H,40,49)(H,41,50)(H,43,48,51)/t25-,26?/m1/s1. The lowest BCUT2D eigenvalue weighted by Gasteiger charge is -2.27. The summed E-state index contributed by atoms with van der Waals surface area (Å²) in [4.78, 5) is 83.3. The van der Waals surface area contributed by atoms with Gasteiger partial charge in [0.1, 0.15) is 28.7 Å². The van der Waals surface area contributed by atoms with Gasteiger partial charge < -0.3 is 15.4 Å². The van der Waals surface area contributed by atoms with Gasteiger partial charge in [0, 0.05) is 40.5 Å². The fourth-order valence-electron chi connectivity index (χ4n) is 6.88. The second-order valence-corrected chi connectivity index (χ2v) is 15.1. The van der Waals surface area contributed by atoms with Crippen LogP contribution in [0.2, 0.25) is 5.02 Å². The molecule has 0 radical (unpaired) electrons. The number of hydrogen-bond donors (Lipinski definition) is 3. The van der Waals surface area contributed by atoms with Crippen LogP contribution in [0.5, 0.6) is 5.75 Å². The molecule has 5 heterocycles. The number of thiophene rings is 1. The van der Waals surface area contributed by atoms with Crippen LogP contribution < -0.4 is 20.7 Å². The number of amides is 6. The van der Waals surface area contributed by atoms with E-state index in [0.29, 0.717) is 42.6 Å². The molecule has 4 aromatic rings. The Balaban J connectivity index is 0.906. The van der Waals surface area contributed by atoms with E-state index >= 15 is 0 Å². The molecule has 55 heavy (non-hydrogen) atoms. The number of ether oxygens (including phenoxy) is 1. The number of aromatic nitrogens is 3. The number of fused-ring (bicyclic) bond motifs is 4. The Morgan fingerprint density at radius 3 is 2.40 bits per heavy atom. The van der Waals surface area contributed by atoms with Crippen LogP contribution in [0.15, 0.2) is 47.5 Å². The Labute approximate surface area is 324 Å². The molecule has 284 valence electrons. The average molecular weight is 785 g/mol. The van der Waals surface area contributed by atoms with Gasteiger partial charge in [0.15, 0.2) is 12.4 Å². The summed E-state index contributed by atoms with van der Waals surface area (Å²) < 4.78 is 7.64. The highest BCUT2D eigenvalue weighted by Crippen LogP contribution is 2.40. The van der Waals surface area contributed by atoms with Crippen molar-refractivity contribution in [2.24, 2.45) is 4.99 Å². The van der Waals surface area contributed by atoms with Crippen LogP contribution in [-0.2, 0) is 19.2 Å². The third kappa shape index (κ3) is 7.38. The van der Waals surface area contributed by atoms with E-state index in [-0.39, 0.29) is 42.0 Å². The first kappa shape index (κ1) is 37.6. The first-order valence-corrected chi connectivity index (χ1v) is 19.0. The van der Waals surface area contributed by atoms with Gasteiger partial charge in [0.2, 0.25) is 17.7 Å². The Bertz CT molecular complexity index is 2280. The first-order valence-electron chi connectivity index (χ1n) is 17.8. The summed E-state index contributed by atoms with van der Waals surface area (Å²) in [7, 11) is 0. The molecule has 15 nitrogen and oxygen atoms in total. The summed E-state index contributed by atoms with van der Waals surface area (Å²) in [6, 6.07) is 10.2. The van der Waals surface area contributed by atoms with Gasteiger partial charge in [-0.25, -0.2) is 0 Å². The number of aliphatic imine (C=N–C) groups is 1. The van der Waals surface area contributed by atoms with Gasteiger partial charge in [-0.1, -0.05) is 29.8 Å². The van der Waals surface area contributed by atoms with E-state index in [2.05, 4.69) is 40.0 Å². The molecule has 3 aliphatic heterocycles. The van der Waals surface area contributed by atoms with Crippen molar-refractivity contribution in [3.63, 3.8) is 0 Å². The zero-order valence-electron chi connectivity index (χ0n) is 30.2. The van der Waals surface area contributed by atoms with Crippen molar-refractivity contribution in [1.82, 2.24) is 35.6 Å². The topological polar surface area (TPSA) is 194 Å². The quantitative estimate of drug-likeness (QED) is 0.142. The average Bonchev–Trinajstić information content (AvgIpc) is 3.73. The van der Waals surface area contributed by atoms with Crippen molar-refractivity contribution in [3.05, 3.63) is 91.8 Å². The van der Waals surface area contributed by atoms with Crippen LogP contribution in [0.4, 0.5) is 0 Å². The number of imide groups is 2. The SMILES string of the molecule is Cc1sc2c(c1C)C(c1ccc(Cl)cc1)=N[C@H](CC(=O)NCCCCNC(=O)COc1cccc3c1C(=O)N(C1CCC(=O)NC1=O)C3=O)c1nnc(C)n1-2. The first-order chi connectivity index (χ1) is 26.4. The molecule has 1 fully saturated rings. The smallest absolute Gasteiger partial charge is 0.266 e. The van der Waals surface area contributed by atoms with Crippen LogP contribution in [-0.4, -0.2) is 86.6 Å². The van der Waals surface area contributed by atoms with Gasteiger partial charge in [-0.2, -0.15) is 0 Å². The largest absolute Gasteiger partial charge is 0.483 e. The molecule has 17 heteroatoms. The molecule has 1 saturated heterocycles. The lowest BCUT2D eigenvalue weighted by Crippen LogP contribution is -2.54. The maximum atomic E-state index is 13.3. The predicted octanol–water partition coefficient (Wildman–Crippen LogP) is 3.68. The maximum Gasteiger partial charge on any atom is 0.266 e. The van der Waals surface area contributed by atoms with E-state index in [1.54, 1.807) is 11.3 Å². The summed E-state index contributed by atoms with van der Waals surface area (Å²) in [6.45, 7) is 6.30. The third-order valence-electron chi connectivity index (χ3n) is 9.77. The maximum absolute atomic E-state index is 13.3. The van der Waals surface area contributed by atoms with Crippen molar-refractivity contribution >= 4 is 64.1 Å². The van der Waals surface area contributed by atoms with Crippen LogP contribution in [0.1, 0.15) is 92.1 Å². The molecule has 0 saturated carbocycles. The van der Waals surface area contributed by atoms with Gasteiger partial charge in [-0.15, -0.1) is 21.5 Å². The highest BCUT2D eigenvalue weighted by molar-refractivity contribution is 7.15. The Hall–Kier alpha value is -5.74. The van der Waals surface area contributed by atoms with Crippen LogP contribution in [0, 0.1) is 20.8 Å². The van der Waals surface area contributed by atoms with Crippen LogP contribution in [0.3, 0.4) is 0 Å². The number of nitrogens with zero attached hydrogens (tertiary/aromatic N) is 5. The number of rotatable bonds is 12. The summed E-state index contributed by atoms with van der Waals surface area (Å²) in [6.07, 6.45) is 1.23. The molecule has 3 N–H and O–H groups in total. The van der Waals surface area contributed by atoms with E-state index in [9.17, 15) is 28.8 Å². The molecule has 0 aliphatic carbocycles. The Morgan fingerprint density at radius 2 is 1.67 bits per heavy atom. The number of hydrogen-bond acceptors (Lipinski definition) is 11. The Morgan fingerprint density at radius 1 is 0.945 bits per heavy atom. The van der Waals surface area contributed by atoms with E-state index in [4.69, 9.17) is 21.3 Å². The summed E-state index contributed by atoms with van der Waals surface area (Å²) in [5, 5.41) is 18.2. The van der Waals surface area contributed by atoms with Crippen molar-refractivity contribution in [3.8, 4) is 10.8 Å². The van der Waals surface area contributed by atoms with Crippen molar-refractivity contribution in [1.29, 1.82) is 0 Å². The molecule has 3 aliphatic rings. The third-order valence-corrected chi connectivity index (χ3v) is 11.2. The number of piperidine rings is 1. The molecular formula is C38H37ClN8O7S. The van der Waals surface area contributed by atoms with Gasteiger partial charge >= 0.3 is 0 Å². The van der Waals surface area contributed by atoms with Gasteiger partial charge in [-0.3, -0.25) is 48.5 Å². The summed E-state index contributed by atoms with van der Waals surface area (Å²) in [5.41, 5.74) is 3.76. The number of carbonyl (C=O) groups excluding carboxylic acids is 6. The Kier molecular flexibility index (Phi) is 10.6. The van der Waals surface area contributed by atoms with Crippen molar-refractivity contribution < 1.29 is 33.5 Å². The number of benzene rings is 2. The monoisotopic (exact) mass is 784 g/mol. The van der Waals surface area contributed by atoms with E-state index in [0.717, 1.165) is 37.2 Å². The zero-order valence-corrected chi connectivity index (χ0v) is 31.8. The second-order valence-electron chi connectivity index (χ2n) is 13.4. The molecular weight excluding hydrogens is 748 g/mol. The fraction of sp³-hybridized carbons (Fsp3) is 0.342. The van der Waals surface area contributed by atoms with Crippen molar-refractivity contribution in [2.75, 3.05) is 19.7 Å². The van der Waals surface area contributed by atoms with Gasteiger partial charge in [0.25, 0.3) is 17.7 Å². The summed E-state index contributed by atoms with van der Waals surface area (Å²) >= 11 is 7.84. The molecule has 0 spiro atoms. The number of unbranched alkanes of at least 4 members (excludes halogenated alkanes) is 1. The van der Waals surface area contributed by atoms with Gasteiger partial charge in [0.05, 0.1) is 23.3 Å². The normalized spacial score (nSPS) is 17.5. The fourth-order valence-corrected chi connectivity index (χ4v) is 8.22. The molecule has 1 unspecified atom stereocenters. The molecule has 7 rings (SSSR count). The summed E-state index contributed by atoms with van der Waals surface area (Å²) in [5.74, 6) is -1.88. The van der Waals surface area contributed by atoms with Gasteiger partial charge in [-0.05, 0) is 69.9 Å². The zero-order chi connectivity index (χ0) is 39.0. The van der Waals surface area contributed by atoms with E-state index < -0.39 is 48.2 Å². The lowest BCUT2D eigenvalue weighted by atomic mass is 9.99. The second kappa shape index (κ2) is 15.5. The molecule has 6 amide bonds. The minimum absolute atomic E-state index is 0.00279. The number of halogens is 1. The van der Waals surface area contributed by atoms with E-state index in [1.165, 1.54) is 18.2 Å². The molecule has 2 aromatic heterocycles. The number of nitrogens with one attached hydrogen (secondary N) is 3.